The van der Waals surface area contributed by atoms with Crippen molar-refractivity contribution in [1.29, 1.82) is 5.26 Å². The van der Waals surface area contributed by atoms with E-state index in [1.165, 1.54) is 11.6 Å². The quantitative estimate of drug-likeness (QED) is 0.344. The Morgan fingerprint density at radius 3 is 2.72 bits per heavy atom. The highest BCUT2D eigenvalue weighted by Crippen LogP contribution is 2.20. The highest BCUT2D eigenvalue weighted by molar-refractivity contribution is 5.87. The van der Waals surface area contributed by atoms with Crippen molar-refractivity contribution >= 4 is 12.4 Å². The average molecular weight is 241 g/mol. The summed E-state index contributed by atoms with van der Waals surface area (Å²) in [7, 11) is 0. The Morgan fingerprint density at radius 2 is 2.11 bits per heavy atom. The number of ether oxygens (including phenoxy) is 1. The van der Waals surface area contributed by atoms with Crippen LogP contribution in [-0.2, 0) is 4.79 Å². The first-order valence-electron chi connectivity index (χ1n) is 5.59. The van der Waals surface area contributed by atoms with Crippen LogP contribution in [0.3, 0.4) is 0 Å². The van der Waals surface area contributed by atoms with Gasteiger partial charge < -0.3 is 4.74 Å². The molecule has 92 valence electrons. The number of rotatable bonds is 5. The van der Waals surface area contributed by atoms with Crippen molar-refractivity contribution in [2.45, 2.75) is 13.8 Å². The van der Waals surface area contributed by atoms with E-state index in [4.69, 9.17) is 10.00 Å². The third kappa shape index (κ3) is 4.26. The SMILES string of the molecule is CC(C)=CCOc1ccccc1/C=C(\C#N)C=O. The zero-order valence-corrected chi connectivity index (χ0v) is 10.5. The zero-order chi connectivity index (χ0) is 13.4. The number of allylic oxidation sites excluding steroid dienone is 2. The van der Waals surface area contributed by atoms with Gasteiger partial charge in [0.25, 0.3) is 0 Å². The second kappa shape index (κ2) is 7.08. The van der Waals surface area contributed by atoms with Gasteiger partial charge >= 0.3 is 0 Å². The number of hydrogen-bond acceptors (Lipinski definition) is 3. The Balaban J connectivity index is 2.93. The minimum atomic E-state index is 0.0771. The second-order valence-corrected chi connectivity index (χ2v) is 3.96. The summed E-state index contributed by atoms with van der Waals surface area (Å²) in [6.07, 6.45) is 4.02. The van der Waals surface area contributed by atoms with Crippen LogP contribution in [-0.4, -0.2) is 12.9 Å². The molecule has 0 N–H and O–H groups in total. The van der Waals surface area contributed by atoms with Crippen molar-refractivity contribution in [3.63, 3.8) is 0 Å². The molecule has 0 saturated heterocycles. The maximum absolute atomic E-state index is 10.6. The first kappa shape index (κ1) is 13.7. The number of nitriles is 1. The molecule has 0 aromatic heterocycles. The summed E-state index contributed by atoms with van der Waals surface area (Å²) in [6.45, 7) is 4.46. The minimum Gasteiger partial charge on any atom is -0.489 e. The maximum Gasteiger partial charge on any atom is 0.160 e. The van der Waals surface area contributed by atoms with Crippen LogP contribution in [0.25, 0.3) is 6.08 Å². The molecular formula is C15H15NO2. The zero-order valence-electron chi connectivity index (χ0n) is 10.5. The van der Waals surface area contributed by atoms with E-state index in [2.05, 4.69) is 0 Å². The summed E-state index contributed by atoms with van der Waals surface area (Å²) in [6, 6.07) is 9.12. The van der Waals surface area contributed by atoms with Crippen LogP contribution < -0.4 is 4.74 Å². The molecule has 1 rings (SSSR count). The van der Waals surface area contributed by atoms with Crippen molar-refractivity contribution < 1.29 is 9.53 Å². The predicted molar refractivity (Wildman–Crippen MR) is 71.0 cm³/mol. The molecule has 0 amide bonds. The van der Waals surface area contributed by atoms with Crippen molar-refractivity contribution in [2.75, 3.05) is 6.61 Å². The van der Waals surface area contributed by atoms with Gasteiger partial charge in [-0.05, 0) is 32.1 Å². The lowest BCUT2D eigenvalue weighted by molar-refractivity contribution is -0.104. The van der Waals surface area contributed by atoms with Crippen LogP contribution in [0.5, 0.6) is 5.75 Å². The molecule has 0 bridgehead atoms. The van der Waals surface area contributed by atoms with E-state index in [-0.39, 0.29) is 5.57 Å². The number of para-hydroxylation sites is 1. The van der Waals surface area contributed by atoms with Crippen molar-refractivity contribution in [1.82, 2.24) is 0 Å². The first-order valence-corrected chi connectivity index (χ1v) is 5.59. The van der Waals surface area contributed by atoms with Gasteiger partial charge in [-0.1, -0.05) is 23.8 Å². The topological polar surface area (TPSA) is 50.1 Å². The summed E-state index contributed by atoms with van der Waals surface area (Å²) < 4.78 is 5.59. The first-order chi connectivity index (χ1) is 8.67. The number of carbonyl (C=O) groups excluding carboxylic acids is 1. The van der Waals surface area contributed by atoms with E-state index in [9.17, 15) is 4.79 Å². The molecule has 0 atom stereocenters. The van der Waals surface area contributed by atoms with Gasteiger partial charge in [0.15, 0.2) is 6.29 Å². The third-order valence-electron chi connectivity index (χ3n) is 2.22. The summed E-state index contributed by atoms with van der Waals surface area (Å²) in [5, 5.41) is 8.73. The molecule has 0 radical (unpaired) electrons. The molecule has 0 aliphatic heterocycles. The number of nitrogens with zero attached hydrogens (tertiary/aromatic N) is 1. The average Bonchev–Trinajstić information content (AvgIpc) is 2.37. The van der Waals surface area contributed by atoms with Gasteiger partial charge in [0, 0.05) is 5.56 Å². The lowest BCUT2D eigenvalue weighted by atomic mass is 10.1. The van der Waals surface area contributed by atoms with E-state index in [0.29, 0.717) is 18.6 Å². The Kier molecular flexibility index (Phi) is 5.40. The molecule has 0 unspecified atom stereocenters. The normalized spacial score (nSPS) is 10.4. The number of hydrogen-bond donors (Lipinski definition) is 0. The summed E-state index contributed by atoms with van der Waals surface area (Å²) >= 11 is 0. The molecular weight excluding hydrogens is 226 g/mol. The lowest BCUT2D eigenvalue weighted by Crippen LogP contribution is -1.96. The number of carbonyl (C=O) groups is 1. The largest absolute Gasteiger partial charge is 0.489 e. The van der Waals surface area contributed by atoms with Crippen LogP contribution in [0.1, 0.15) is 19.4 Å². The van der Waals surface area contributed by atoms with Crippen molar-refractivity contribution in [3.05, 3.63) is 47.1 Å². The second-order valence-electron chi connectivity index (χ2n) is 3.96. The van der Waals surface area contributed by atoms with Crippen molar-refractivity contribution in [2.24, 2.45) is 0 Å². The van der Waals surface area contributed by atoms with E-state index in [1.807, 2.05) is 44.2 Å². The van der Waals surface area contributed by atoms with Gasteiger partial charge in [0.05, 0.1) is 5.57 Å². The van der Waals surface area contributed by atoms with E-state index >= 15 is 0 Å². The number of benzene rings is 1. The van der Waals surface area contributed by atoms with Gasteiger partial charge in [0.1, 0.15) is 18.4 Å². The van der Waals surface area contributed by atoms with Crippen LogP contribution in [0.4, 0.5) is 0 Å². The molecule has 3 heteroatoms. The van der Waals surface area contributed by atoms with Crippen molar-refractivity contribution in [3.8, 4) is 11.8 Å². The highest BCUT2D eigenvalue weighted by atomic mass is 16.5. The van der Waals surface area contributed by atoms with Gasteiger partial charge in [-0.3, -0.25) is 4.79 Å². The van der Waals surface area contributed by atoms with E-state index in [1.54, 1.807) is 6.07 Å². The Hall–Kier alpha value is -2.34. The molecule has 0 aliphatic rings. The lowest BCUT2D eigenvalue weighted by Gasteiger charge is -2.07. The van der Waals surface area contributed by atoms with Gasteiger partial charge in [-0.15, -0.1) is 0 Å². The van der Waals surface area contributed by atoms with Crippen LogP contribution >= 0.6 is 0 Å². The molecule has 0 spiro atoms. The molecule has 1 aromatic carbocycles. The van der Waals surface area contributed by atoms with Gasteiger partial charge in [-0.2, -0.15) is 5.26 Å². The van der Waals surface area contributed by atoms with Gasteiger partial charge in [0.2, 0.25) is 0 Å². The molecule has 0 heterocycles. The standard InChI is InChI=1S/C15H15NO2/c1-12(2)7-8-18-15-6-4-3-5-14(15)9-13(10-16)11-17/h3-7,9,11H,8H2,1-2H3/b13-9+. The summed E-state index contributed by atoms with van der Waals surface area (Å²) in [5.41, 5.74) is 1.98. The Morgan fingerprint density at radius 1 is 1.39 bits per heavy atom. The molecule has 0 saturated carbocycles. The summed E-state index contributed by atoms with van der Waals surface area (Å²) in [4.78, 5) is 10.6. The van der Waals surface area contributed by atoms with Gasteiger partial charge in [-0.25, -0.2) is 0 Å². The van der Waals surface area contributed by atoms with Crippen LogP contribution in [0.2, 0.25) is 0 Å². The molecule has 0 aliphatic carbocycles. The smallest absolute Gasteiger partial charge is 0.160 e. The monoisotopic (exact) mass is 241 g/mol. The molecule has 0 fully saturated rings. The highest BCUT2D eigenvalue weighted by Gasteiger charge is 2.01. The molecule has 18 heavy (non-hydrogen) atoms. The molecule has 3 nitrogen and oxygen atoms in total. The molecule has 1 aromatic rings. The van der Waals surface area contributed by atoms with Crippen LogP contribution in [0.15, 0.2) is 41.5 Å². The fourth-order valence-electron chi connectivity index (χ4n) is 1.29. The minimum absolute atomic E-state index is 0.0771. The number of aldehydes is 1. The predicted octanol–water partition coefficient (Wildman–Crippen LogP) is 3.14. The Labute approximate surface area is 107 Å². The van der Waals surface area contributed by atoms with Crippen LogP contribution in [0, 0.1) is 11.3 Å². The fraction of sp³-hybridized carbons (Fsp3) is 0.200. The maximum atomic E-state index is 10.6. The van der Waals surface area contributed by atoms with E-state index < -0.39 is 0 Å². The third-order valence-corrected chi connectivity index (χ3v) is 2.22. The Bertz CT molecular complexity index is 518. The fourth-order valence-corrected chi connectivity index (χ4v) is 1.29. The summed E-state index contributed by atoms with van der Waals surface area (Å²) in [5.74, 6) is 0.657. The van der Waals surface area contributed by atoms with E-state index in [0.717, 1.165) is 5.56 Å².